The second-order valence-corrected chi connectivity index (χ2v) is 5.70. The van der Waals surface area contributed by atoms with E-state index in [1.54, 1.807) is 0 Å². The number of hydrogen-bond acceptors (Lipinski definition) is 4. The van der Waals surface area contributed by atoms with Gasteiger partial charge in [-0.3, -0.25) is 0 Å². The van der Waals surface area contributed by atoms with Crippen LogP contribution in [-0.4, -0.2) is 37.9 Å². The number of esters is 1. The fraction of sp³-hybridized carbons (Fsp3) is 0.588. The van der Waals surface area contributed by atoms with E-state index in [1.165, 1.54) is 0 Å². The van der Waals surface area contributed by atoms with Crippen LogP contribution >= 0.6 is 0 Å². The Labute approximate surface area is 127 Å². The van der Waals surface area contributed by atoms with E-state index in [2.05, 4.69) is 25.7 Å². The summed E-state index contributed by atoms with van der Waals surface area (Å²) in [5.41, 5.74) is 1.74. The fourth-order valence-electron chi connectivity index (χ4n) is 2.59. The van der Waals surface area contributed by atoms with E-state index in [0.29, 0.717) is 12.2 Å². The Bertz CT molecular complexity index is 448. The highest BCUT2D eigenvalue weighted by atomic mass is 16.5. The number of morpholine rings is 1. The molecule has 1 aliphatic rings. The maximum absolute atomic E-state index is 11.9. The molecule has 1 aromatic carbocycles. The van der Waals surface area contributed by atoms with Gasteiger partial charge in [0.05, 0.1) is 24.4 Å². The van der Waals surface area contributed by atoms with E-state index in [9.17, 15) is 4.79 Å². The average Bonchev–Trinajstić information content (AvgIpc) is 2.46. The molecule has 0 spiro atoms. The van der Waals surface area contributed by atoms with Crippen molar-refractivity contribution in [1.29, 1.82) is 0 Å². The van der Waals surface area contributed by atoms with Gasteiger partial charge in [-0.2, -0.15) is 0 Å². The number of carbonyl (C=O) groups is 1. The van der Waals surface area contributed by atoms with Crippen LogP contribution in [0.4, 0.5) is 5.69 Å². The third-order valence-corrected chi connectivity index (χ3v) is 3.62. The van der Waals surface area contributed by atoms with Crippen LogP contribution in [0.3, 0.4) is 0 Å². The molecule has 1 fully saturated rings. The van der Waals surface area contributed by atoms with Crippen LogP contribution in [0.1, 0.15) is 44.0 Å². The summed E-state index contributed by atoms with van der Waals surface area (Å²) in [7, 11) is 0. The Morgan fingerprint density at radius 1 is 1.24 bits per heavy atom. The Morgan fingerprint density at radius 3 is 2.43 bits per heavy atom. The van der Waals surface area contributed by atoms with Crippen molar-refractivity contribution in [3.63, 3.8) is 0 Å². The fourth-order valence-corrected chi connectivity index (χ4v) is 2.59. The van der Waals surface area contributed by atoms with Crippen molar-refractivity contribution in [2.45, 2.75) is 45.8 Å². The smallest absolute Gasteiger partial charge is 0.338 e. The molecule has 0 radical (unpaired) electrons. The van der Waals surface area contributed by atoms with Gasteiger partial charge in [0.2, 0.25) is 0 Å². The van der Waals surface area contributed by atoms with Crippen LogP contribution in [0.2, 0.25) is 0 Å². The third-order valence-electron chi connectivity index (χ3n) is 3.62. The van der Waals surface area contributed by atoms with Gasteiger partial charge in [0.15, 0.2) is 0 Å². The molecule has 0 bridgehead atoms. The molecule has 0 N–H and O–H groups in total. The zero-order valence-corrected chi connectivity index (χ0v) is 13.2. The van der Waals surface area contributed by atoms with Crippen LogP contribution in [0, 0.1) is 0 Å². The highest BCUT2D eigenvalue weighted by Crippen LogP contribution is 2.21. The molecule has 21 heavy (non-hydrogen) atoms. The first-order valence-electron chi connectivity index (χ1n) is 7.77. The topological polar surface area (TPSA) is 38.8 Å². The van der Waals surface area contributed by atoms with Gasteiger partial charge in [-0.05, 0) is 44.5 Å². The first-order chi connectivity index (χ1) is 10.1. The van der Waals surface area contributed by atoms with Crippen LogP contribution in [0.15, 0.2) is 24.3 Å². The molecule has 1 heterocycles. The third kappa shape index (κ3) is 4.46. The minimum absolute atomic E-state index is 0.229. The predicted octanol–water partition coefficient (Wildman–Crippen LogP) is 3.26. The second-order valence-electron chi connectivity index (χ2n) is 5.70. The van der Waals surface area contributed by atoms with E-state index >= 15 is 0 Å². The van der Waals surface area contributed by atoms with Crippen LogP contribution in [0.25, 0.3) is 0 Å². The van der Waals surface area contributed by atoms with Gasteiger partial charge in [0.1, 0.15) is 0 Å². The standard InChI is InChI=1S/C17H25NO3/c1-4-5-10-20-17(19)15-6-8-16(9-7-15)18-11-13(2)21-14(3)12-18/h6-9,13-14H,4-5,10-12H2,1-3H3. The number of rotatable bonds is 5. The lowest BCUT2D eigenvalue weighted by Gasteiger charge is -2.36. The van der Waals surface area contributed by atoms with Crippen molar-refractivity contribution in [1.82, 2.24) is 0 Å². The quantitative estimate of drug-likeness (QED) is 0.616. The summed E-state index contributed by atoms with van der Waals surface area (Å²) in [6, 6.07) is 7.66. The number of nitrogens with zero attached hydrogens (tertiary/aromatic N) is 1. The van der Waals surface area contributed by atoms with Crippen LogP contribution < -0.4 is 4.90 Å². The molecule has 0 saturated carbocycles. The summed E-state index contributed by atoms with van der Waals surface area (Å²) >= 11 is 0. The second kappa shape index (κ2) is 7.46. The summed E-state index contributed by atoms with van der Waals surface area (Å²) in [6.07, 6.45) is 2.40. The van der Waals surface area contributed by atoms with Gasteiger partial charge in [0.25, 0.3) is 0 Å². The molecule has 2 atom stereocenters. The lowest BCUT2D eigenvalue weighted by molar-refractivity contribution is -0.00522. The number of ether oxygens (including phenoxy) is 2. The Morgan fingerprint density at radius 2 is 1.86 bits per heavy atom. The van der Waals surface area contributed by atoms with Crippen molar-refractivity contribution in [2.75, 3.05) is 24.6 Å². The molecule has 2 rings (SSSR count). The first-order valence-corrected chi connectivity index (χ1v) is 7.77. The van der Waals surface area contributed by atoms with Crippen molar-refractivity contribution < 1.29 is 14.3 Å². The summed E-state index contributed by atoms with van der Waals surface area (Å²) in [4.78, 5) is 14.2. The highest BCUT2D eigenvalue weighted by molar-refractivity contribution is 5.89. The zero-order chi connectivity index (χ0) is 15.2. The maximum atomic E-state index is 11.9. The largest absolute Gasteiger partial charge is 0.462 e. The summed E-state index contributed by atoms with van der Waals surface area (Å²) in [5.74, 6) is -0.237. The van der Waals surface area contributed by atoms with Gasteiger partial charge in [-0.15, -0.1) is 0 Å². The van der Waals surface area contributed by atoms with E-state index in [1.807, 2.05) is 24.3 Å². The molecule has 0 amide bonds. The first kappa shape index (κ1) is 15.8. The van der Waals surface area contributed by atoms with Gasteiger partial charge in [-0.1, -0.05) is 13.3 Å². The normalized spacial score (nSPS) is 22.1. The summed E-state index contributed by atoms with van der Waals surface area (Å²) in [5, 5.41) is 0. The van der Waals surface area contributed by atoms with Gasteiger partial charge >= 0.3 is 5.97 Å². The lowest BCUT2D eigenvalue weighted by atomic mass is 10.1. The molecular weight excluding hydrogens is 266 g/mol. The minimum Gasteiger partial charge on any atom is -0.462 e. The lowest BCUT2D eigenvalue weighted by Crippen LogP contribution is -2.45. The maximum Gasteiger partial charge on any atom is 0.338 e. The van der Waals surface area contributed by atoms with Crippen molar-refractivity contribution in [2.24, 2.45) is 0 Å². The molecule has 2 unspecified atom stereocenters. The Kier molecular flexibility index (Phi) is 5.62. The monoisotopic (exact) mass is 291 g/mol. The number of hydrogen-bond donors (Lipinski definition) is 0. The number of anilines is 1. The Hall–Kier alpha value is -1.55. The SMILES string of the molecule is CCCCOC(=O)c1ccc(N2CC(C)OC(C)C2)cc1. The highest BCUT2D eigenvalue weighted by Gasteiger charge is 2.22. The molecule has 1 saturated heterocycles. The van der Waals surface area contributed by atoms with Gasteiger partial charge in [0, 0.05) is 18.8 Å². The number of unbranched alkanes of at least 4 members (excludes halogenated alkanes) is 1. The molecule has 1 aliphatic heterocycles. The number of benzene rings is 1. The van der Waals surface area contributed by atoms with Crippen molar-refractivity contribution in [3.8, 4) is 0 Å². The minimum atomic E-state index is -0.237. The predicted molar refractivity (Wildman–Crippen MR) is 83.9 cm³/mol. The van der Waals surface area contributed by atoms with E-state index < -0.39 is 0 Å². The summed E-state index contributed by atoms with van der Waals surface area (Å²) < 4.78 is 11.0. The van der Waals surface area contributed by atoms with Crippen LogP contribution in [-0.2, 0) is 9.47 Å². The summed E-state index contributed by atoms with van der Waals surface area (Å²) in [6.45, 7) is 8.50. The molecule has 116 valence electrons. The van der Waals surface area contributed by atoms with Crippen molar-refractivity contribution >= 4 is 11.7 Å². The van der Waals surface area contributed by atoms with Gasteiger partial charge in [-0.25, -0.2) is 4.79 Å². The molecule has 4 nitrogen and oxygen atoms in total. The van der Waals surface area contributed by atoms with E-state index in [-0.39, 0.29) is 18.2 Å². The molecule has 1 aromatic rings. The molecule has 0 aliphatic carbocycles. The average molecular weight is 291 g/mol. The Balaban J connectivity index is 1.96. The van der Waals surface area contributed by atoms with E-state index in [4.69, 9.17) is 9.47 Å². The van der Waals surface area contributed by atoms with E-state index in [0.717, 1.165) is 31.6 Å². The van der Waals surface area contributed by atoms with Crippen LogP contribution in [0.5, 0.6) is 0 Å². The zero-order valence-electron chi connectivity index (χ0n) is 13.2. The number of carbonyl (C=O) groups excluding carboxylic acids is 1. The molecule has 0 aromatic heterocycles. The molecular formula is C17H25NO3. The molecule has 4 heteroatoms. The van der Waals surface area contributed by atoms with Gasteiger partial charge < -0.3 is 14.4 Å². The van der Waals surface area contributed by atoms with Crippen molar-refractivity contribution in [3.05, 3.63) is 29.8 Å².